The highest BCUT2D eigenvalue weighted by atomic mass is 32.2. The Morgan fingerprint density at radius 3 is 2.86 bits per heavy atom. The van der Waals surface area contributed by atoms with Gasteiger partial charge in [-0.05, 0) is 45.1 Å². The van der Waals surface area contributed by atoms with Gasteiger partial charge in [0.2, 0.25) is 11.8 Å². The molecular weight excluding hydrogens is 378 g/mol. The maximum absolute atomic E-state index is 12.5. The highest BCUT2D eigenvalue weighted by Gasteiger charge is 2.29. The van der Waals surface area contributed by atoms with E-state index in [0.717, 1.165) is 43.5 Å². The maximum Gasteiger partial charge on any atom is 0.277 e. The van der Waals surface area contributed by atoms with Gasteiger partial charge in [0.05, 0.1) is 24.0 Å². The largest absolute Gasteiger partial charge is 0.416 e. The molecule has 1 aliphatic carbocycles. The molecular formula is C19H23N5O3S. The summed E-state index contributed by atoms with van der Waals surface area (Å²) in [5.41, 5.74) is 2.36. The van der Waals surface area contributed by atoms with Crippen LogP contribution in [0.4, 0.5) is 5.82 Å². The van der Waals surface area contributed by atoms with E-state index < -0.39 is 0 Å². The molecule has 2 fully saturated rings. The smallest absolute Gasteiger partial charge is 0.277 e. The van der Waals surface area contributed by atoms with E-state index in [0.29, 0.717) is 35.0 Å². The van der Waals surface area contributed by atoms with Crippen LogP contribution in [0.25, 0.3) is 0 Å². The Balaban J connectivity index is 1.45. The highest BCUT2D eigenvalue weighted by molar-refractivity contribution is 7.99. The second-order valence-corrected chi connectivity index (χ2v) is 8.24. The Hall–Kier alpha value is -2.31. The predicted molar refractivity (Wildman–Crippen MR) is 103 cm³/mol. The number of hydrogen-bond acceptors (Lipinski definition) is 7. The molecule has 1 saturated carbocycles. The molecule has 0 spiro atoms. The van der Waals surface area contributed by atoms with Crippen LogP contribution >= 0.6 is 11.8 Å². The molecule has 9 heteroatoms. The third-order valence-corrected chi connectivity index (χ3v) is 6.10. The summed E-state index contributed by atoms with van der Waals surface area (Å²) in [7, 11) is 0. The number of ether oxygens (including phenoxy) is 1. The van der Waals surface area contributed by atoms with Crippen LogP contribution in [0, 0.1) is 25.2 Å². The quantitative estimate of drug-likeness (QED) is 0.710. The SMILES string of the molecule is Cc1c(C#N)c(NC(=O)CSc2nnc(C3CC3)o2)n(C[C@@H]2CCCO2)c1C. The minimum atomic E-state index is -0.209. The summed E-state index contributed by atoms with van der Waals surface area (Å²) < 4.78 is 13.3. The van der Waals surface area contributed by atoms with Crippen LogP contribution in [0.3, 0.4) is 0 Å². The van der Waals surface area contributed by atoms with Crippen molar-refractivity contribution in [2.24, 2.45) is 0 Å². The van der Waals surface area contributed by atoms with Crippen LogP contribution in [-0.2, 0) is 16.1 Å². The van der Waals surface area contributed by atoms with Crippen molar-refractivity contribution in [3.8, 4) is 6.07 Å². The average molecular weight is 401 g/mol. The number of hydrogen-bond donors (Lipinski definition) is 1. The number of carbonyl (C=O) groups is 1. The molecule has 1 amide bonds. The van der Waals surface area contributed by atoms with E-state index in [-0.39, 0.29) is 17.8 Å². The molecule has 2 aromatic heterocycles. The lowest BCUT2D eigenvalue weighted by Gasteiger charge is -2.16. The molecule has 3 heterocycles. The van der Waals surface area contributed by atoms with Crippen molar-refractivity contribution in [3.63, 3.8) is 0 Å². The maximum atomic E-state index is 12.5. The van der Waals surface area contributed by atoms with Crippen molar-refractivity contribution in [1.29, 1.82) is 5.26 Å². The van der Waals surface area contributed by atoms with Gasteiger partial charge in [-0.3, -0.25) is 4.79 Å². The summed E-state index contributed by atoms with van der Waals surface area (Å²) in [5.74, 6) is 1.52. The third-order valence-electron chi connectivity index (χ3n) is 5.28. The first-order chi connectivity index (χ1) is 13.6. The monoisotopic (exact) mass is 401 g/mol. The molecule has 0 bridgehead atoms. The molecule has 28 heavy (non-hydrogen) atoms. The molecule has 4 rings (SSSR count). The first-order valence-electron chi connectivity index (χ1n) is 9.54. The van der Waals surface area contributed by atoms with Gasteiger partial charge in [0.25, 0.3) is 5.22 Å². The molecule has 1 saturated heterocycles. The fraction of sp³-hybridized carbons (Fsp3) is 0.579. The Kier molecular flexibility index (Phi) is 5.42. The van der Waals surface area contributed by atoms with Crippen molar-refractivity contribution >= 4 is 23.5 Å². The zero-order chi connectivity index (χ0) is 19.7. The van der Waals surface area contributed by atoms with Crippen molar-refractivity contribution in [1.82, 2.24) is 14.8 Å². The number of amides is 1. The highest BCUT2D eigenvalue weighted by Crippen LogP contribution is 2.39. The average Bonchev–Trinajstić information content (AvgIpc) is 3.13. The summed E-state index contributed by atoms with van der Waals surface area (Å²) in [5, 5.41) is 20.9. The van der Waals surface area contributed by atoms with E-state index >= 15 is 0 Å². The first-order valence-corrected chi connectivity index (χ1v) is 10.5. The van der Waals surface area contributed by atoms with Gasteiger partial charge < -0.3 is 19.0 Å². The molecule has 0 radical (unpaired) electrons. The predicted octanol–water partition coefficient (Wildman–Crippen LogP) is 3.15. The van der Waals surface area contributed by atoms with Gasteiger partial charge in [-0.15, -0.1) is 10.2 Å². The lowest BCUT2D eigenvalue weighted by Crippen LogP contribution is -2.22. The van der Waals surface area contributed by atoms with Gasteiger partial charge in [-0.25, -0.2) is 0 Å². The third kappa shape index (κ3) is 3.93. The van der Waals surface area contributed by atoms with Crippen LogP contribution in [0.1, 0.15) is 54.3 Å². The number of anilines is 1. The van der Waals surface area contributed by atoms with E-state index in [4.69, 9.17) is 9.15 Å². The number of rotatable bonds is 7. The molecule has 0 unspecified atom stereocenters. The zero-order valence-electron chi connectivity index (χ0n) is 16.0. The van der Waals surface area contributed by atoms with Crippen molar-refractivity contribution in [2.75, 3.05) is 17.7 Å². The van der Waals surface area contributed by atoms with E-state index in [9.17, 15) is 10.1 Å². The number of nitriles is 1. The number of aromatic nitrogens is 3. The van der Waals surface area contributed by atoms with Gasteiger partial charge in [0.15, 0.2) is 0 Å². The van der Waals surface area contributed by atoms with Gasteiger partial charge in [0, 0.05) is 18.2 Å². The summed E-state index contributed by atoms with van der Waals surface area (Å²) >= 11 is 1.21. The molecule has 148 valence electrons. The van der Waals surface area contributed by atoms with Crippen LogP contribution < -0.4 is 5.32 Å². The van der Waals surface area contributed by atoms with Crippen LogP contribution in [0.5, 0.6) is 0 Å². The van der Waals surface area contributed by atoms with Crippen LogP contribution in [-0.4, -0.2) is 39.1 Å². The number of nitrogens with zero attached hydrogens (tertiary/aromatic N) is 4. The van der Waals surface area contributed by atoms with E-state index in [1.807, 2.05) is 18.4 Å². The topological polar surface area (TPSA) is 106 Å². The normalized spacial score (nSPS) is 19.0. The standard InChI is InChI=1S/C19H23N5O3S/c1-11-12(2)24(9-14-4-3-7-26-14)17(15(11)8-20)21-16(25)10-28-19-23-22-18(27-19)13-5-6-13/h13-14H,3-7,9-10H2,1-2H3,(H,21,25)/t14-/m0/s1. The van der Waals surface area contributed by atoms with Gasteiger partial charge in [0.1, 0.15) is 11.9 Å². The molecule has 1 N–H and O–H groups in total. The molecule has 2 aromatic rings. The summed E-state index contributed by atoms with van der Waals surface area (Å²) in [6.45, 7) is 5.27. The van der Waals surface area contributed by atoms with Gasteiger partial charge in [-0.2, -0.15) is 5.26 Å². The Labute approximate surface area is 167 Å². The molecule has 1 aliphatic heterocycles. The second-order valence-electron chi connectivity index (χ2n) is 7.31. The minimum Gasteiger partial charge on any atom is -0.416 e. The minimum absolute atomic E-state index is 0.112. The van der Waals surface area contributed by atoms with Crippen molar-refractivity contribution in [2.45, 2.75) is 63.3 Å². The molecule has 0 aromatic carbocycles. The summed E-state index contributed by atoms with van der Waals surface area (Å²) in [6.07, 6.45) is 4.32. The fourth-order valence-corrected chi connectivity index (χ4v) is 3.99. The number of nitrogens with one attached hydrogen (secondary N) is 1. The zero-order valence-corrected chi connectivity index (χ0v) is 16.8. The Morgan fingerprint density at radius 1 is 1.36 bits per heavy atom. The molecule has 8 nitrogen and oxygen atoms in total. The van der Waals surface area contributed by atoms with Crippen molar-refractivity contribution in [3.05, 3.63) is 22.7 Å². The first kappa shape index (κ1) is 19.0. The number of carbonyl (C=O) groups excluding carboxylic acids is 1. The fourth-order valence-electron chi connectivity index (χ4n) is 3.42. The van der Waals surface area contributed by atoms with E-state index in [2.05, 4.69) is 21.6 Å². The van der Waals surface area contributed by atoms with Crippen molar-refractivity contribution < 1.29 is 13.9 Å². The van der Waals surface area contributed by atoms with E-state index in [1.165, 1.54) is 11.8 Å². The summed E-state index contributed by atoms with van der Waals surface area (Å²) in [4.78, 5) is 12.5. The van der Waals surface area contributed by atoms with E-state index in [1.54, 1.807) is 0 Å². The van der Waals surface area contributed by atoms with Crippen LogP contribution in [0.15, 0.2) is 9.64 Å². The second kappa shape index (κ2) is 7.97. The Bertz CT molecular complexity index is 919. The number of thioether (sulfide) groups is 1. The molecule has 2 aliphatic rings. The van der Waals surface area contributed by atoms with Gasteiger partial charge >= 0.3 is 0 Å². The summed E-state index contributed by atoms with van der Waals surface area (Å²) in [6, 6.07) is 2.23. The Morgan fingerprint density at radius 2 is 2.18 bits per heavy atom. The van der Waals surface area contributed by atoms with Crippen LogP contribution in [0.2, 0.25) is 0 Å². The molecule has 1 atom stereocenters. The van der Waals surface area contributed by atoms with Gasteiger partial charge in [-0.1, -0.05) is 11.8 Å². The lowest BCUT2D eigenvalue weighted by molar-refractivity contribution is -0.113. The lowest BCUT2D eigenvalue weighted by atomic mass is 10.2.